The van der Waals surface area contributed by atoms with Gasteiger partial charge in [0.25, 0.3) is 0 Å². The Labute approximate surface area is 116 Å². The summed E-state index contributed by atoms with van der Waals surface area (Å²) >= 11 is 0. The highest BCUT2D eigenvalue weighted by Crippen LogP contribution is 2.13. The van der Waals surface area contributed by atoms with E-state index in [1.807, 2.05) is 25.7 Å². The molecule has 0 bridgehead atoms. The second-order valence-electron chi connectivity index (χ2n) is 6.20. The molecule has 1 unspecified atom stereocenters. The van der Waals surface area contributed by atoms with Crippen LogP contribution in [0.1, 0.15) is 34.6 Å². The van der Waals surface area contributed by atoms with Gasteiger partial charge in [0.2, 0.25) is 11.8 Å². The Kier molecular flexibility index (Phi) is 5.35. The molecule has 2 amide bonds. The van der Waals surface area contributed by atoms with Crippen LogP contribution in [0.25, 0.3) is 0 Å². The quantitative estimate of drug-likeness (QED) is 0.820. The summed E-state index contributed by atoms with van der Waals surface area (Å²) in [6.07, 6.45) is 0. The highest BCUT2D eigenvalue weighted by molar-refractivity contribution is 5.89. The molecule has 1 aliphatic rings. The Morgan fingerprint density at radius 3 is 2.11 bits per heavy atom. The van der Waals surface area contributed by atoms with Gasteiger partial charge in [0, 0.05) is 31.6 Å². The molecule has 0 aromatic heterocycles. The lowest BCUT2D eigenvalue weighted by atomic mass is 9.95. The molecule has 0 saturated carbocycles. The number of carbonyl (C=O) groups excluding carboxylic acids is 2. The SMILES string of the molecule is CCN1CCN(C(=O)C(C)NC(=O)C(C)(C)C)CC1. The third-order valence-electron chi connectivity index (χ3n) is 3.53. The lowest BCUT2D eigenvalue weighted by Crippen LogP contribution is -2.55. The van der Waals surface area contributed by atoms with Crippen molar-refractivity contribution >= 4 is 11.8 Å². The maximum Gasteiger partial charge on any atom is 0.244 e. The van der Waals surface area contributed by atoms with Crippen molar-refractivity contribution in [3.05, 3.63) is 0 Å². The summed E-state index contributed by atoms with van der Waals surface area (Å²) in [5.74, 6) is -0.0612. The first-order valence-electron chi connectivity index (χ1n) is 7.07. The molecule has 1 rings (SSSR count). The number of nitrogens with one attached hydrogen (secondary N) is 1. The molecule has 0 aromatic carbocycles. The van der Waals surface area contributed by atoms with Gasteiger partial charge in [-0.25, -0.2) is 0 Å². The van der Waals surface area contributed by atoms with Gasteiger partial charge in [-0.2, -0.15) is 0 Å². The Balaban J connectivity index is 2.47. The predicted octanol–water partition coefficient (Wildman–Crippen LogP) is 0.701. The fourth-order valence-electron chi connectivity index (χ4n) is 2.03. The average molecular weight is 269 g/mol. The maximum absolute atomic E-state index is 12.2. The Morgan fingerprint density at radius 2 is 1.68 bits per heavy atom. The van der Waals surface area contributed by atoms with Gasteiger partial charge in [0.15, 0.2) is 0 Å². The standard InChI is InChI=1S/C14H27N3O2/c1-6-16-7-9-17(10-8-16)12(18)11(2)15-13(19)14(3,4)5/h11H,6-10H2,1-5H3,(H,15,19). The zero-order valence-electron chi connectivity index (χ0n) is 12.8. The smallest absolute Gasteiger partial charge is 0.244 e. The molecular weight excluding hydrogens is 242 g/mol. The van der Waals surface area contributed by atoms with Crippen LogP contribution >= 0.6 is 0 Å². The summed E-state index contributed by atoms with van der Waals surface area (Å²) < 4.78 is 0. The van der Waals surface area contributed by atoms with Crippen LogP contribution in [0.4, 0.5) is 0 Å². The van der Waals surface area contributed by atoms with E-state index in [-0.39, 0.29) is 11.8 Å². The number of rotatable bonds is 3. The van der Waals surface area contributed by atoms with Gasteiger partial charge < -0.3 is 15.1 Å². The lowest BCUT2D eigenvalue weighted by molar-refractivity contribution is -0.139. The zero-order valence-corrected chi connectivity index (χ0v) is 12.8. The fraction of sp³-hybridized carbons (Fsp3) is 0.857. The summed E-state index contributed by atoms with van der Waals surface area (Å²) in [6, 6.07) is -0.445. The molecule has 0 radical (unpaired) electrons. The molecule has 0 spiro atoms. The van der Waals surface area contributed by atoms with E-state index < -0.39 is 11.5 Å². The largest absolute Gasteiger partial charge is 0.344 e. The van der Waals surface area contributed by atoms with Crippen LogP contribution in [0.3, 0.4) is 0 Å². The molecule has 19 heavy (non-hydrogen) atoms. The van der Waals surface area contributed by atoms with Crippen molar-refractivity contribution < 1.29 is 9.59 Å². The van der Waals surface area contributed by atoms with Crippen molar-refractivity contribution in [3.8, 4) is 0 Å². The van der Waals surface area contributed by atoms with Crippen LogP contribution in [0, 0.1) is 5.41 Å². The van der Waals surface area contributed by atoms with Crippen molar-refractivity contribution in [2.75, 3.05) is 32.7 Å². The van der Waals surface area contributed by atoms with Crippen LogP contribution in [0.5, 0.6) is 0 Å². The van der Waals surface area contributed by atoms with E-state index in [4.69, 9.17) is 0 Å². The Bertz CT molecular complexity index is 328. The van der Waals surface area contributed by atoms with E-state index in [1.54, 1.807) is 6.92 Å². The summed E-state index contributed by atoms with van der Waals surface area (Å²) in [6.45, 7) is 13.8. The Morgan fingerprint density at radius 1 is 1.16 bits per heavy atom. The van der Waals surface area contributed by atoms with E-state index in [0.29, 0.717) is 0 Å². The lowest BCUT2D eigenvalue weighted by Gasteiger charge is -2.35. The predicted molar refractivity (Wildman–Crippen MR) is 75.8 cm³/mol. The minimum absolute atomic E-state index is 0.0216. The van der Waals surface area contributed by atoms with Gasteiger partial charge in [-0.15, -0.1) is 0 Å². The normalized spacial score (nSPS) is 19.1. The van der Waals surface area contributed by atoms with Crippen LogP contribution < -0.4 is 5.32 Å². The van der Waals surface area contributed by atoms with Crippen molar-refractivity contribution in [1.82, 2.24) is 15.1 Å². The molecule has 1 heterocycles. The van der Waals surface area contributed by atoms with E-state index in [9.17, 15) is 9.59 Å². The number of nitrogens with zero attached hydrogens (tertiary/aromatic N) is 2. The number of likely N-dealkylation sites (N-methyl/N-ethyl adjacent to an activating group) is 1. The summed E-state index contributed by atoms with van der Waals surface area (Å²) in [4.78, 5) is 28.3. The van der Waals surface area contributed by atoms with Gasteiger partial charge in [0.05, 0.1) is 0 Å². The van der Waals surface area contributed by atoms with Gasteiger partial charge >= 0.3 is 0 Å². The van der Waals surface area contributed by atoms with E-state index >= 15 is 0 Å². The molecule has 1 fully saturated rings. The first kappa shape index (κ1) is 16.0. The second kappa shape index (κ2) is 6.37. The first-order chi connectivity index (χ1) is 8.75. The third kappa shape index (κ3) is 4.49. The molecule has 0 aromatic rings. The van der Waals surface area contributed by atoms with Gasteiger partial charge in [0.1, 0.15) is 6.04 Å². The van der Waals surface area contributed by atoms with Crippen LogP contribution in [0.2, 0.25) is 0 Å². The monoisotopic (exact) mass is 269 g/mol. The van der Waals surface area contributed by atoms with Gasteiger partial charge in [-0.3, -0.25) is 9.59 Å². The summed E-state index contributed by atoms with van der Waals surface area (Å²) in [7, 11) is 0. The fourth-order valence-corrected chi connectivity index (χ4v) is 2.03. The summed E-state index contributed by atoms with van der Waals surface area (Å²) in [5, 5.41) is 2.80. The number of amides is 2. The Hall–Kier alpha value is -1.10. The average Bonchev–Trinajstić information content (AvgIpc) is 2.36. The number of piperazine rings is 1. The highest BCUT2D eigenvalue weighted by Gasteiger charge is 2.28. The molecule has 1 aliphatic heterocycles. The van der Waals surface area contributed by atoms with Crippen LogP contribution in [0.15, 0.2) is 0 Å². The molecule has 0 aliphatic carbocycles. The zero-order chi connectivity index (χ0) is 14.6. The molecular formula is C14H27N3O2. The minimum Gasteiger partial charge on any atom is -0.344 e. The molecule has 1 N–H and O–H groups in total. The van der Waals surface area contributed by atoms with Crippen molar-refractivity contribution in [1.29, 1.82) is 0 Å². The molecule has 5 heteroatoms. The number of carbonyl (C=O) groups is 2. The van der Waals surface area contributed by atoms with Crippen molar-refractivity contribution in [3.63, 3.8) is 0 Å². The number of hydrogen-bond donors (Lipinski definition) is 1. The first-order valence-corrected chi connectivity index (χ1v) is 7.07. The van der Waals surface area contributed by atoms with E-state index in [0.717, 1.165) is 32.7 Å². The van der Waals surface area contributed by atoms with Crippen molar-refractivity contribution in [2.45, 2.75) is 40.7 Å². The second-order valence-corrected chi connectivity index (χ2v) is 6.20. The third-order valence-corrected chi connectivity index (χ3v) is 3.53. The molecule has 1 saturated heterocycles. The van der Waals surface area contributed by atoms with Gasteiger partial charge in [-0.1, -0.05) is 27.7 Å². The van der Waals surface area contributed by atoms with Crippen molar-refractivity contribution in [2.24, 2.45) is 5.41 Å². The maximum atomic E-state index is 12.2. The summed E-state index contributed by atoms with van der Waals surface area (Å²) in [5.41, 5.74) is -0.463. The molecule has 1 atom stereocenters. The highest BCUT2D eigenvalue weighted by atomic mass is 16.2. The molecule has 5 nitrogen and oxygen atoms in total. The van der Waals surface area contributed by atoms with Gasteiger partial charge in [-0.05, 0) is 13.5 Å². The van der Waals surface area contributed by atoms with E-state index in [2.05, 4.69) is 17.1 Å². The topological polar surface area (TPSA) is 52.6 Å². The number of hydrogen-bond acceptors (Lipinski definition) is 3. The minimum atomic E-state index is -0.463. The van der Waals surface area contributed by atoms with Crippen LogP contribution in [-0.4, -0.2) is 60.4 Å². The van der Waals surface area contributed by atoms with Crippen LogP contribution in [-0.2, 0) is 9.59 Å². The van der Waals surface area contributed by atoms with E-state index in [1.165, 1.54) is 0 Å². The molecule has 110 valence electrons.